The maximum Gasteiger partial charge on any atom is 0.417 e. The number of halogens is 3. The van der Waals surface area contributed by atoms with Gasteiger partial charge < -0.3 is 4.84 Å². The minimum absolute atomic E-state index is 0.119. The van der Waals surface area contributed by atoms with E-state index in [-0.39, 0.29) is 5.56 Å². The first-order valence-corrected chi connectivity index (χ1v) is 6.06. The topological polar surface area (TPSA) is 21.6 Å². The lowest BCUT2D eigenvalue weighted by atomic mass is 10.1. The van der Waals surface area contributed by atoms with Crippen LogP contribution in [0.5, 0.6) is 0 Å². The minimum Gasteiger partial charge on any atom is -0.361 e. The first-order chi connectivity index (χ1) is 9.07. The van der Waals surface area contributed by atoms with Crippen LogP contribution in [-0.4, -0.2) is 6.21 Å². The van der Waals surface area contributed by atoms with Gasteiger partial charge in [-0.1, -0.05) is 23.4 Å². The van der Waals surface area contributed by atoms with Crippen molar-refractivity contribution in [3.63, 3.8) is 0 Å². The van der Waals surface area contributed by atoms with Crippen LogP contribution in [0.4, 0.5) is 13.2 Å². The van der Waals surface area contributed by atoms with E-state index in [2.05, 4.69) is 11.4 Å². The highest BCUT2D eigenvalue weighted by atomic mass is 19.4. The Balaban J connectivity index is 2.08. The zero-order chi connectivity index (χ0) is 13.7. The standard InChI is InChI=1S/C14H13F3NO/c15-14(16,17)13-9-5-4-6-11(13)10-18-19-12-7-2-1-3-8-12/h4-7,9H,1-3,8H2. The molecule has 0 saturated carbocycles. The molecular weight excluding hydrogens is 255 g/mol. The van der Waals surface area contributed by atoms with Crippen molar-refractivity contribution in [2.24, 2.45) is 5.16 Å². The molecule has 1 aromatic carbocycles. The predicted molar refractivity (Wildman–Crippen MR) is 65.6 cm³/mol. The summed E-state index contributed by atoms with van der Waals surface area (Å²) in [7, 11) is 0. The largest absolute Gasteiger partial charge is 0.417 e. The Bertz CT molecular complexity index is 492. The summed E-state index contributed by atoms with van der Waals surface area (Å²) in [5, 5.41) is 3.52. The Morgan fingerprint density at radius 1 is 1.16 bits per heavy atom. The van der Waals surface area contributed by atoms with Crippen LogP contribution in [-0.2, 0) is 11.0 Å². The van der Waals surface area contributed by atoms with Gasteiger partial charge in [-0.25, -0.2) is 0 Å². The number of hydrogen-bond acceptors (Lipinski definition) is 2. The van der Waals surface area contributed by atoms with Crippen molar-refractivity contribution in [2.45, 2.75) is 31.9 Å². The lowest BCUT2D eigenvalue weighted by molar-refractivity contribution is -0.137. The van der Waals surface area contributed by atoms with Crippen molar-refractivity contribution in [3.05, 3.63) is 47.2 Å². The fourth-order valence-electron chi connectivity index (χ4n) is 1.85. The van der Waals surface area contributed by atoms with Crippen LogP contribution >= 0.6 is 0 Å². The highest BCUT2D eigenvalue weighted by Crippen LogP contribution is 2.31. The molecule has 1 aliphatic rings. The zero-order valence-corrected chi connectivity index (χ0v) is 10.2. The number of benzene rings is 1. The number of nitrogens with zero attached hydrogens (tertiary/aromatic N) is 1. The van der Waals surface area contributed by atoms with Gasteiger partial charge >= 0.3 is 6.18 Å². The quantitative estimate of drug-likeness (QED) is 0.588. The second-order valence-electron chi connectivity index (χ2n) is 4.25. The SMILES string of the molecule is FC(F)(F)c1ccccc1[C]=NOC1=CCCCC1. The summed E-state index contributed by atoms with van der Waals surface area (Å²) < 4.78 is 38.1. The first-order valence-electron chi connectivity index (χ1n) is 6.06. The van der Waals surface area contributed by atoms with Gasteiger partial charge in [0.15, 0.2) is 0 Å². The molecule has 0 atom stereocenters. The van der Waals surface area contributed by atoms with Crippen LogP contribution in [0.2, 0.25) is 0 Å². The maximum atomic E-state index is 12.7. The number of alkyl halides is 3. The van der Waals surface area contributed by atoms with Crippen molar-refractivity contribution in [2.75, 3.05) is 0 Å². The normalized spacial score (nSPS) is 16.5. The molecule has 101 valence electrons. The van der Waals surface area contributed by atoms with Crippen LogP contribution in [0, 0.1) is 0 Å². The van der Waals surface area contributed by atoms with E-state index in [0.717, 1.165) is 31.7 Å². The Morgan fingerprint density at radius 2 is 1.95 bits per heavy atom. The van der Waals surface area contributed by atoms with Crippen molar-refractivity contribution in [1.82, 2.24) is 0 Å². The van der Waals surface area contributed by atoms with Crippen molar-refractivity contribution < 1.29 is 18.0 Å². The highest BCUT2D eigenvalue weighted by Gasteiger charge is 2.32. The van der Waals surface area contributed by atoms with Crippen LogP contribution in [0.1, 0.15) is 36.8 Å². The summed E-state index contributed by atoms with van der Waals surface area (Å²) in [6.45, 7) is 0. The van der Waals surface area contributed by atoms with Crippen LogP contribution in [0.15, 0.2) is 41.3 Å². The average molecular weight is 268 g/mol. The van der Waals surface area contributed by atoms with E-state index >= 15 is 0 Å². The van der Waals surface area contributed by atoms with Crippen molar-refractivity contribution in [1.29, 1.82) is 0 Å². The summed E-state index contributed by atoms with van der Waals surface area (Å²) in [6, 6.07) is 5.15. The summed E-state index contributed by atoms with van der Waals surface area (Å²) in [5.74, 6) is 0.697. The third-order valence-corrected chi connectivity index (χ3v) is 2.81. The number of rotatable bonds is 3. The molecule has 1 aromatic rings. The second-order valence-corrected chi connectivity index (χ2v) is 4.25. The van der Waals surface area contributed by atoms with Gasteiger partial charge in [0.05, 0.1) is 5.56 Å². The van der Waals surface area contributed by atoms with Gasteiger partial charge in [-0.2, -0.15) is 13.2 Å². The lowest BCUT2D eigenvalue weighted by Crippen LogP contribution is -2.08. The van der Waals surface area contributed by atoms with Gasteiger partial charge in [0, 0.05) is 12.0 Å². The van der Waals surface area contributed by atoms with Gasteiger partial charge in [0.1, 0.15) is 12.0 Å². The molecule has 0 heterocycles. The molecule has 0 amide bonds. The predicted octanol–water partition coefficient (Wildman–Crippen LogP) is 4.39. The molecule has 0 aromatic heterocycles. The van der Waals surface area contributed by atoms with Gasteiger partial charge in [-0.05, 0) is 31.4 Å². The molecule has 0 aliphatic heterocycles. The number of hydrogen-bond donors (Lipinski definition) is 0. The van der Waals surface area contributed by atoms with E-state index in [4.69, 9.17) is 4.84 Å². The van der Waals surface area contributed by atoms with Crippen molar-refractivity contribution >= 4 is 6.21 Å². The molecule has 0 saturated heterocycles. The molecule has 1 radical (unpaired) electrons. The molecule has 2 nitrogen and oxygen atoms in total. The summed E-state index contributed by atoms with van der Waals surface area (Å²) >= 11 is 0. The Morgan fingerprint density at radius 3 is 2.63 bits per heavy atom. The van der Waals surface area contributed by atoms with Gasteiger partial charge in [-0.3, -0.25) is 0 Å². The Labute approximate surface area is 109 Å². The van der Waals surface area contributed by atoms with E-state index in [9.17, 15) is 13.2 Å². The molecule has 0 fully saturated rings. The number of allylic oxidation sites excluding steroid dienone is 2. The van der Waals surface area contributed by atoms with Gasteiger partial charge in [0.25, 0.3) is 0 Å². The van der Waals surface area contributed by atoms with Gasteiger partial charge in [0.2, 0.25) is 0 Å². The van der Waals surface area contributed by atoms with Crippen LogP contribution in [0.25, 0.3) is 0 Å². The van der Waals surface area contributed by atoms with E-state index < -0.39 is 11.7 Å². The molecule has 0 spiro atoms. The van der Waals surface area contributed by atoms with Gasteiger partial charge in [-0.15, -0.1) is 0 Å². The summed E-state index contributed by atoms with van der Waals surface area (Å²) in [6.07, 6.45) is 3.62. The fourth-order valence-corrected chi connectivity index (χ4v) is 1.85. The minimum atomic E-state index is -4.41. The van der Waals surface area contributed by atoms with E-state index in [1.807, 2.05) is 6.08 Å². The maximum absolute atomic E-state index is 12.7. The zero-order valence-electron chi connectivity index (χ0n) is 10.2. The lowest BCUT2D eigenvalue weighted by Gasteiger charge is -2.10. The molecule has 5 heteroatoms. The molecule has 2 rings (SSSR count). The molecule has 0 bridgehead atoms. The molecule has 0 N–H and O–H groups in total. The van der Waals surface area contributed by atoms with Crippen molar-refractivity contribution in [3.8, 4) is 0 Å². The third kappa shape index (κ3) is 3.84. The molecular formula is C14H13F3NO. The fraction of sp³-hybridized carbons (Fsp3) is 0.357. The molecule has 0 unspecified atom stereocenters. The Kier molecular flexibility index (Phi) is 4.24. The average Bonchev–Trinajstić information content (AvgIpc) is 2.39. The van der Waals surface area contributed by atoms with E-state index in [0.29, 0.717) is 5.76 Å². The van der Waals surface area contributed by atoms with Crippen LogP contribution in [0.3, 0.4) is 0 Å². The van der Waals surface area contributed by atoms with Crippen LogP contribution < -0.4 is 0 Å². The van der Waals surface area contributed by atoms with E-state index in [1.165, 1.54) is 18.2 Å². The molecule has 1 aliphatic carbocycles. The first kappa shape index (κ1) is 13.6. The smallest absolute Gasteiger partial charge is 0.361 e. The third-order valence-electron chi connectivity index (χ3n) is 2.81. The van der Waals surface area contributed by atoms with E-state index in [1.54, 1.807) is 0 Å². The Hall–Kier alpha value is -1.78. The summed E-state index contributed by atoms with van der Waals surface area (Å²) in [5.41, 5.74) is -0.883. The summed E-state index contributed by atoms with van der Waals surface area (Å²) in [4.78, 5) is 5.06. The molecule has 19 heavy (non-hydrogen) atoms. The second kappa shape index (κ2) is 5.91. The monoisotopic (exact) mass is 268 g/mol. The highest BCUT2D eigenvalue weighted by molar-refractivity contribution is 5.81.